The van der Waals surface area contributed by atoms with Gasteiger partial charge >= 0.3 is 0 Å². The number of pyridine rings is 1. The highest BCUT2D eigenvalue weighted by atomic mass is 14.9. The molecule has 0 atom stereocenters. The maximum Gasteiger partial charge on any atom is 0.0777 e. The molecular formula is C21H24N4. The third-order valence-electron chi connectivity index (χ3n) is 5.08. The first-order valence-electron chi connectivity index (χ1n) is 8.99. The minimum absolute atomic E-state index is 0.591. The summed E-state index contributed by atoms with van der Waals surface area (Å²) in [4.78, 5) is 4.74. The monoisotopic (exact) mass is 332 g/mol. The number of para-hydroxylation sites is 1. The average molecular weight is 332 g/mol. The van der Waals surface area contributed by atoms with Crippen LogP contribution in [0, 0.1) is 0 Å². The molecule has 2 aromatic carbocycles. The van der Waals surface area contributed by atoms with Crippen molar-refractivity contribution in [3.63, 3.8) is 0 Å². The summed E-state index contributed by atoms with van der Waals surface area (Å²) in [6.45, 7) is 0. The number of nitrogens with two attached hydrogens (primary N) is 2. The Kier molecular flexibility index (Phi) is 4.18. The molecule has 1 heterocycles. The Morgan fingerprint density at radius 3 is 2.60 bits per heavy atom. The van der Waals surface area contributed by atoms with Gasteiger partial charge in [0, 0.05) is 23.5 Å². The molecule has 0 saturated heterocycles. The van der Waals surface area contributed by atoms with E-state index in [1.807, 2.05) is 24.3 Å². The summed E-state index contributed by atoms with van der Waals surface area (Å²) in [6.07, 6.45) is 5.86. The van der Waals surface area contributed by atoms with Crippen LogP contribution in [0.5, 0.6) is 0 Å². The lowest BCUT2D eigenvalue weighted by molar-refractivity contribution is 0.755. The van der Waals surface area contributed by atoms with Crippen molar-refractivity contribution in [2.24, 2.45) is 0 Å². The van der Waals surface area contributed by atoms with E-state index in [0.717, 1.165) is 16.6 Å². The lowest BCUT2D eigenvalue weighted by atomic mass is 10.0. The number of benzene rings is 2. The van der Waals surface area contributed by atoms with E-state index in [2.05, 4.69) is 29.6 Å². The summed E-state index contributed by atoms with van der Waals surface area (Å²) in [7, 11) is 0. The van der Waals surface area contributed by atoms with Crippen LogP contribution in [0.3, 0.4) is 0 Å². The molecule has 1 fully saturated rings. The fourth-order valence-electron chi connectivity index (χ4n) is 3.71. The van der Waals surface area contributed by atoms with Crippen LogP contribution < -0.4 is 16.8 Å². The van der Waals surface area contributed by atoms with Crippen molar-refractivity contribution in [3.05, 3.63) is 59.8 Å². The minimum Gasteiger partial charge on any atom is -0.396 e. The third kappa shape index (κ3) is 3.25. The Hall–Kier alpha value is -2.75. The fourth-order valence-corrected chi connectivity index (χ4v) is 3.71. The van der Waals surface area contributed by atoms with E-state index in [1.54, 1.807) is 0 Å². The highest BCUT2D eigenvalue weighted by Gasteiger charge is 2.15. The largest absolute Gasteiger partial charge is 0.396 e. The van der Waals surface area contributed by atoms with Gasteiger partial charge in [0.05, 0.1) is 22.6 Å². The Morgan fingerprint density at radius 1 is 0.960 bits per heavy atom. The van der Waals surface area contributed by atoms with Crippen LogP contribution in [0.25, 0.3) is 10.9 Å². The first-order chi connectivity index (χ1) is 12.2. The average Bonchev–Trinajstić information content (AvgIpc) is 3.13. The second-order valence-electron chi connectivity index (χ2n) is 6.91. The van der Waals surface area contributed by atoms with Gasteiger partial charge in [-0.2, -0.15) is 0 Å². The summed E-state index contributed by atoms with van der Waals surface area (Å²) >= 11 is 0. The zero-order chi connectivity index (χ0) is 17.2. The van der Waals surface area contributed by atoms with Crippen molar-refractivity contribution in [1.82, 2.24) is 4.98 Å². The van der Waals surface area contributed by atoms with E-state index in [9.17, 15) is 0 Å². The van der Waals surface area contributed by atoms with E-state index in [-0.39, 0.29) is 0 Å². The zero-order valence-corrected chi connectivity index (χ0v) is 14.3. The van der Waals surface area contributed by atoms with Crippen molar-refractivity contribution in [1.29, 1.82) is 0 Å². The SMILES string of the molecule is Nc1c(Cc2cccc(NC3CCCC3)c2)nc2ccccc2c1N. The standard InChI is InChI=1S/C21H24N4/c22-20-17-10-3-4-11-18(17)25-19(21(20)23)13-14-6-5-9-16(12-14)24-15-7-1-2-8-15/h3-6,9-12,15,24H,1-2,7-8,13,23H2,(H2,22,25). The molecule has 4 heteroatoms. The zero-order valence-electron chi connectivity index (χ0n) is 14.3. The van der Waals surface area contributed by atoms with Crippen LogP contribution in [0.1, 0.15) is 36.9 Å². The molecule has 128 valence electrons. The van der Waals surface area contributed by atoms with Crippen LogP contribution in [0.4, 0.5) is 17.1 Å². The summed E-state index contributed by atoms with van der Waals surface area (Å²) in [6, 6.07) is 17.0. The van der Waals surface area contributed by atoms with E-state index in [0.29, 0.717) is 23.8 Å². The molecular weight excluding hydrogens is 308 g/mol. The summed E-state index contributed by atoms with van der Waals surface area (Å²) in [5.41, 5.74) is 17.8. The second kappa shape index (κ2) is 6.63. The van der Waals surface area contributed by atoms with E-state index >= 15 is 0 Å². The summed E-state index contributed by atoms with van der Waals surface area (Å²) in [5.74, 6) is 0. The fraction of sp³-hybridized carbons (Fsp3) is 0.286. The van der Waals surface area contributed by atoms with Crippen LogP contribution >= 0.6 is 0 Å². The van der Waals surface area contributed by atoms with Gasteiger partial charge in [-0.1, -0.05) is 43.2 Å². The Labute approximate surface area is 148 Å². The van der Waals surface area contributed by atoms with Crippen molar-refractivity contribution in [3.8, 4) is 0 Å². The Bertz CT molecular complexity index is 898. The number of nitrogen functional groups attached to an aromatic ring is 2. The van der Waals surface area contributed by atoms with E-state index < -0.39 is 0 Å². The summed E-state index contributed by atoms with van der Waals surface area (Å²) in [5, 5.41) is 4.56. The molecule has 1 aliphatic carbocycles. The molecule has 1 aromatic heterocycles. The van der Waals surface area contributed by atoms with Crippen molar-refractivity contribution in [2.75, 3.05) is 16.8 Å². The van der Waals surface area contributed by atoms with E-state index in [4.69, 9.17) is 16.5 Å². The molecule has 3 aromatic rings. The number of nitrogens with one attached hydrogen (secondary N) is 1. The molecule has 0 aliphatic heterocycles. The van der Waals surface area contributed by atoms with Crippen LogP contribution in [-0.4, -0.2) is 11.0 Å². The van der Waals surface area contributed by atoms with Crippen LogP contribution in [0.2, 0.25) is 0 Å². The molecule has 0 radical (unpaired) electrons. The Balaban J connectivity index is 1.61. The predicted octanol–water partition coefficient (Wildman–Crippen LogP) is 4.34. The van der Waals surface area contributed by atoms with Gasteiger partial charge in [-0.3, -0.25) is 4.98 Å². The molecule has 25 heavy (non-hydrogen) atoms. The number of hydrogen-bond donors (Lipinski definition) is 3. The van der Waals surface area contributed by atoms with Gasteiger partial charge in [-0.25, -0.2) is 0 Å². The van der Waals surface area contributed by atoms with Gasteiger partial charge in [0.25, 0.3) is 0 Å². The number of aromatic nitrogens is 1. The lowest BCUT2D eigenvalue weighted by Gasteiger charge is -2.15. The van der Waals surface area contributed by atoms with Gasteiger partial charge in [-0.15, -0.1) is 0 Å². The maximum atomic E-state index is 6.26. The molecule has 0 amide bonds. The van der Waals surface area contributed by atoms with Crippen molar-refractivity contribution >= 4 is 28.0 Å². The van der Waals surface area contributed by atoms with E-state index in [1.165, 1.54) is 36.9 Å². The maximum absolute atomic E-state index is 6.26. The molecule has 4 nitrogen and oxygen atoms in total. The normalized spacial score (nSPS) is 14.9. The van der Waals surface area contributed by atoms with Gasteiger partial charge in [0.2, 0.25) is 0 Å². The molecule has 5 N–H and O–H groups in total. The predicted molar refractivity (Wildman–Crippen MR) is 106 cm³/mol. The summed E-state index contributed by atoms with van der Waals surface area (Å²) < 4.78 is 0. The number of anilines is 3. The van der Waals surface area contributed by atoms with Crippen molar-refractivity contribution < 1.29 is 0 Å². The molecule has 0 unspecified atom stereocenters. The smallest absolute Gasteiger partial charge is 0.0777 e. The molecule has 4 rings (SSSR count). The number of nitrogens with zero attached hydrogens (tertiary/aromatic N) is 1. The van der Waals surface area contributed by atoms with Gasteiger partial charge < -0.3 is 16.8 Å². The molecule has 0 bridgehead atoms. The third-order valence-corrected chi connectivity index (χ3v) is 5.08. The number of rotatable bonds is 4. The topological polar surface area (TPSA) is 77.0 Å². The quantitative estimate of drug-likeness (QED) is 0.664. The second-order valence-corrected chi connectivity index (χ2v) is 6.91. The number of fused-ring (bicyclic) bond motifs is 1. The highest BCUT2D eigenvalue weighted by Crippen LogP contribution is 2.30. The van der Waals surface area contributed by atoms with Gasteiger partial charge in [0.1, 0.15) is 0 Å². The van der Waals surface area contributed by atoms with Crippen LogP contribution in [-0.2, 0) is 6.42 Å². The van der Waals surface area contributed by atoms with Gasteiger partial charge in [-0.05, 0) is 36.6 Å². The molecule has 1 saturated carbocycles. The first kappa shape index (κ1) is 15.8. The highest BCUT2D eigenvalue weighted by molar-refractivity contribution is 5.96. The minimum atomic E-state index is 0.591. The van der Waals surface area contributed by atoms with Crippen LogP contribution in [0.15, 0.2) is 48.5 Å². The molecule has 0 spiro atoms. The number of hydrogen-bond acceptors (Lipinski definition) is 4. The van der Waals surface area contributed by atoms with Gasteiger partial charge in [0.15, 0.2) is 0 Å². The molecule has 1 aliphatic rings. The first-order valence-corrected chi connectivity index (χ1v) is 8.99. The lowest BCUT2D eigenvalue weighted by Crippen LogP contribution is -2.14. The van der Waals surface area contributed by atoms with Crippen molar-refractivity contribution in [2.45, 2.75) is 38.1 Å². The Morgan fingerprint density at radius 2 is 1.76 bits per heavy atom.